The van der Waals surface area contributed by atoms with Crippen LogP contribution in [0.15, 0.2) is 52.2 Å². The summed E-state index contributed by atoms with van der Waals surface area (Å²) in [5, 5.41) is 1.37. The third-order valence-corrected chi connectivity index (χ3v) is 5.66. The third-order valence-electron chi connectivity index (χ3n) is 5.11. The Bertz CT molecular complexity index is 1390. The highest BCUT2D eigenvalue weighted by Crippen LogP contribution is 2.36. The van der Waals surface area contributed by atoms with E-state index in [1.54, 1.807) is 25.2 Å². The van der Waals surface area contributed by atoms with E-state index in [2.05, 4.69) is 6.07 Å². The van der Waals surface area contributed by atoms with Gasteiger partial charge in [-0.3, -0.25) is 13.9 Å². The van der Waals surface area contributed by atoms with Crippen LogP contribution in [0.25, 0.3) is 27.8 Å². The van der Waals surface area contributed by atoms with Crippen LogP contribution in [-0.4, -0.2) is 13.7 Å². The molecule has 2 heterocycles. The first-order valence-electron chi connectivity index (χ1n) is 9.04. The highest BCUT2D eigenvalue weighted by molar-refractivity contribution is 6.36. The molecule has 7 heteroatoms. The van der Waals surface area contributed by atoms with Crippen molar-refractivity contribution in [3.63, 3.8) is 0 Å². The van der Waals surface area contributed by atoms with Crippen molar-refractivity contribution < 1.29 is 0 Å². The first-order valence-corrected chi connectivity index (χ1v) is 9.80. The molecule has 0 fully saturated rings. The summed E-state index contributed by atoms with van der Waals surface area (Å²) in [5.74, 6) is 0. The molecule has 0 aliphatic heterocycles. The topological polar surface area (TPSA) is 48.9 Å². The number of halogens is 2. The van der Waals surface area contributed by atoms with Crippen molar-refractivity contribution in [1.29, 1.82) is 0 Å². The minimum atomic E-state index is -0.381. The lowest BCUT2D eigenvalue weighted by molar-refractivity contribution is 0.714. The maximum absolute atomic E-state index is 13.1. The molecule has 148 valence electrons. The van der Waals surface area contributed by atoms with Crippen LogP contribution in [0.3, 0.4) is 0 Å². The van der Waals surface area contributed by atoms with Crippen molar-refractivity contribution in [2.24, 2.45) is 14.1 Å². The van der Waals surface area contributed by atoms with Gasteiger partial charge >= 0.3 is 5.69 Å². The minimum absolute atomic E-state index is 0.368. The Morgan fingerprint density at radius 1 is 0.862 bits per heavy atom. The number of fused-ring (bicyclic) bond motifs is 1. The lowest BCUT2D eigenvalue weighted by Crippen LogP contribution is -2.36. The van der Waals surface area contributed by atoms with Crippen LogP contribution in [-0.2, 0) is 14.1 Å². The molecule has 0 radical (unpaired) electrons. The quantitative estimate of drug-likeness (QED) is 0.468. The van der Waals surface area contributed by atoms with Crippen LogP contribution < -0.4 is 11.2 Å². The van der Waals surface area contributed by atoms with E-state index in [4.69, 9.17) is 23.2 Å². The van der Waals surface area contributed by atoms with E-state index in [1.807, 2.05) is 36.7 Å². The van der Waals surface area contributed by atoms with Crippen molar-refractivity contribution in [2.75, 3.05) is 0 Å². The normalized spacial score (nSPS) is 11.4. The number of hydrogen-bond donors (Lipinski definition) is 0. The Hall–Kier alpha value is -2.76. The third kappa shape index (κ3) is 3.11. The van der Waals surface area contributed by atoms with Gasteiger partial charge in [-0.05, 0) is 55.3 Å². The van der Waals surface area contributed by atoms with E-state index < -0.39 is 0 Å². The standard InChI is InChI=1S/C22H19Cl2N3O2/c1-12-7-13(2)9-15(8-12)27-11-18-19(21(28)26(4)22(29)25(18)3)20(27)16-6-5-14(23)10-17(16)24/h5-11H,1-4H3. The van der Waals surface area contributed by atoms with Gasteiger partial charge in [-0.25, -0.2) is 4.79 Å². The van der Waals surface area contributed by atoms with Crippen LogP contribution in [0.1, 0.15) is 11.1 Å². The molecule has 0 atom stereocenters. The Balaban J connectivity index is 2.24. The monoisotopic (exact) mass is 427 g/mol. The fourth-order valence-electron chi connectivity index (χ4n) is 3.78. The van der Waals surface area contributed by atoms with E-state index in [-0.39, 0.29) is 11.2 Å². The fourth-order valence-corrected chi connectivity index (χ4v) is 4.28. The minimum Gasteiger partial charge on any atom is -0.314 e. The molecule has 5 nitrogen and oxygen atoms in total. The lowest BCUT2D eigenvalue weighted by Gasteiger charge is -2.13. The van der Waals surface area contributed by atoms with E-state index in [1.165, 1.54) is 11.6 Å². The molecular weight excluding hydrogens is 409 g/mol. The second-order valence-electron chi connectivity index (χ2n) is 7.28. The number of hydrogen-bond acceptors (Lipinski definition) is 2. The maximum atomic E-state index is 13.1. The average molecular weight is 428 g/mol. The number of nitrogens with zero attached hydrogens (tertiary/aromatic N) is 3. The predicted molar refractivity (Wildman–Crippen MR) is 119 cm³/mol. The van der Waals surface area contributed by atoms with Gasteiger partial charge in [0.15, 0.2) is 0 Å². The maximum Gasteiger partial charge on any atom is 0.330 e. The molecule has 0 bridgehead atoms. The van der Waals surface area contributed by atoms with E-state index >= 15 is 0 Å². The van der Waals surface area contributed by atoms with Gasteiger partial charge in [0.05, 0.1) is 21.6 Å². The molecular formula is C22H19Cl2N3O2. The van der Waals surface area contributed by atoms with Gasteiger partial charge in [0.1, 0.15) is 0 Å². The van der Waals surface area contributed by atoms with E-state index in [0.29, 0.717) is 32.2 Å². The molecule has 4 rings (SSSR count). The summed E-state index contributed by atoms with van der Waals surface area (Å²) in [6.07, 6.45) is 1.81. The summed E-state index contributed by atoms with van der Waals surface area (Å²) in [5.41, 5.74) is 4.15. The molecule has 0 unspecified atom stereocenters. The summed E-state index contributed by atoms with van der Waals surface area (Å²) >= 11 is 12.6. The predicted octanol–water partition coefficient (Wildman–Crippen LogP) is 4.62. The number of aromatic nitrogens is 3. The summed E-state index contributed by atoms with van der Waals surface area (Å²) in [6, 6.07) is 11.3. The zero-order valence-corrected chi connectivity index (χ0v) is 18.0. The number of aryl methyl sites for hydroxylation is 3. The highest BCUT2D eigenvalue weighted by atomic mass is 35.5. The van der Waals surface area contributed by atoms with E-state index in [0.717, 1.165) is 21.4 Å². The summed E-state index contributed by atoms with van der Waals surface area (Å²) < 4.78 is 4.51. The van der Waals surface area contributed by atoms with Crippen LogP contribution in [0.2, 0.25) is 10.0 Å². The van der Waals surface area contributed by atoms with Crippen LogP contribution >= 0.6 is 23.2 Å². The molecule has 0 saturated heterocycles. The summed E-state index contributed by atoms with van der Waals surface area (Å²) in [6.45, 7) is 4.03. The summed E-state index contributed by atoms with van der Waals surface area (Å²) in [7, 11) is 3.13. The van der Waals surface area contributed by atoms with Gasteiger partial charge in [-0.2, -0.15) is 0 Å². The van der Waals surface area contributed by atoms with Gasteiger partial charge < -0.3 is 4.57 Å². The van der Waals surface area contributed by atoms with Crippen molar-refractivity contribution in [2.45, 2.75) is 13.8 Å². The Labute approximate surface area is 177 Å². The Morgan fingerprint density at radius 2 is 1.52 bits per heavy atom. The molecule has 2 aromatic heterocycles. The second kappa shape index (κ2) is 6.94. The fraction of sp³-hybridized carbons (Fsp3) is 0.182. The molecule has 0 amide bonds. The SMILES string of the molecule is Cc1cc(C)cc(-n2cc3c(c2-c2ccc(Cl)cc2Cl)c(=O)n(C)c(=O)n3C)c1. The van der Waals surface area contributed by atoms with Gasteiger partial charge in [-0.15, -0.1) is 0 Å². The van der Waals surface area contributed by atoms with Crippen molar-refractivity contribution in [3.05, 3.63) is 84.6 Å². The first kappa shape index (κ1) is 19.6. The van der Waals surface area contributed by atoms with Gasteiger partial charge in [0, 0.05) is 36.6 Å². The van der Waals surface area contributed by atoms with Crippen LogP contribution in [0.5, 0.6) is 0 Å². The van der Waals surface area contributed by atoms with Gasteiger partial charge in [-0.1, -0.05) is 29.3 Å². The molecule has 29 heavy (non-hydrogen) atoms. The molecule has 2 aromatic carbocycles. The Morgan fingerprint density at radius 3 is 2.14 bits per heavy atom. The number of benzene rings is 2. The van der Waals surface area contributed by atoms with E-state index in [9.17, 15) is 9.59 Å². The molecule has 4 aromatic rings. The van der Waals surface area contributed by atoms with Gasteiger partial charge in [0.2, 0.25) is 0 Å². The van der Waals surface area contributed by atoms with Crippen LogP contribution in [0, 0.1) is 13.8 Å². The molecule has 0 aliphatic rings. The summed E-state index contributed by atoms with van der Waals surface area (Å²) in [4.78, 5) is 25.6. The van der Waals surface area contributed by atoms with Crippen molar-refractivity contribution >= 4 is 34.1 Å². The second-order valence-corrected chi connectivity index (χ2v) is 8.13. The smallest absolute Gasteiger partial charge is 0.314 e. The van der Waals surface area contributed by atoms with Crippen molar-refractivity contribution in [3.8, 4) is 16.9 Å². The molecule has 0 aliphatic carbocycles. The number of rotatable bonds is 2. The zero-order valence-electron chi connectivity index (χ0n) is 16.5. The zero-order chi connectivity index (χ0) is 21.0. The van der Waals surface area contributed by atoms with Crippen LogP contribution in [0.4, 0.5) is 0 Å². The largest absolute Gasteiger partial charge is 0.330 e. The molecule has 0 spiro atoms. The highest BCUT2D eigenvalue weighted by Gasteiger charge is 2.22. The average Bonchev–Trinajstić information content (AvgIpc) is 3.04. The molecule has 0 saturated carbocycles. The Kier molecular flexibility index (Phi) is 4.68. The van der Waals surface area contributed by atoms with Gasteiger partial charge in [0.25, 0.3) is 5.56 Å². The lowest BCUT2D eigenvalue weighted by atomic mass is 10.1. The molecule has 0 N–H and O–H groups in total. The first-order chi connectivity index (χ1) is 13.7. The van der Waals surface area contributed by atoms with Crippen molar-refractivity contribution in [1.82, 2.24) is 13.7 Å².